The molecule has 1 saturated carbocycles. The van der Waals surface area contributed by atoms with E-state index in [-0.39, 0.29) is 5.56 Å². The molecule has 0 heterocycles. The Morgan fingerprint density at radius 1 is 1.47 bits per heavy atom. The van der Waals surface area contributed by atoms with E-state index in [1.54, 1.807) is 0 Å². The highest BCUT2D eigenvalue weighted by atomic mass is 19.1. The van der Waals surface area contributed by atoms with Crippen molar-refractivity contribution in [2.75, 3.05) is 7.11 Å². The van der Waals surface area contributed by atoms with Gasteiger partial charge in [-0.25, -0.2) is 13.6 Å². The van der Waals surface area contributed by atoms with Crippen molar-refractivity contribution in [3.8, 4) is 11.5 Å². The second-order valence-electron chi connectivity index (χ2n) is 3.83. The van der Waals surface area contributed by atoms with E-state index in [4.69, 9.17) is 0 Å². The first-order valence-electron chi connectivity index (χ1n) is 4.90. The maximum absolute atomic E-state index is 13.6. The van der Waals surface area contributed by atoms with Gasteiger partial charge in [0.2, 0.25) is 6.08 Å². The summed E-state index contributed by atoms with van der Waals surface area (Å²) in [6.07, 6.45) is 2.15. The van der Waals surface area contributed by atoms with Gasteiger partial charge in [-0.15, -0.1) is 0 Å². The Labute approximate surface area is 95.5 Å². The van der Waals surface area contributed by atoms with Crippen LogP contribution >= 0.6 is 0 Å². The molecule has 17 heavy (non-hydrogen) atoms. The predicted octanol–water partition coefficient (Wildman–Crippen LogP) is 2.00. The summed E-state index contributed by atoms with van der Waals surface area (Å²) in [7, 11) is 1.16. The van der Waals surface area contributed by atoms with Crippen LogP contribution in [0.4, 0.5) is 8.78 Å². The van der Waals surface area contributed by atoms with Crippen LogP contribution < -0.4 is 4.74 Å². The highest BCUT2D eigenvalue weighted by Gasteiger charge is 2.49. The van der Waals surface area contributed by atoms with E-state index in [1.165, 1.54) is 6.08 Å². The predicted molar refractivity (Wildman–Crippen MR) is 53.6 cm³/mol. The lowest BCUT2D eigenvalue weighted by molar-refractivity contribution is 0.340. The van der Waals surface area contributed by atoms with Crippen molar-refractivity contribution < 1.29 is 23.4 Å². The van der Waals surface area contributed by atoms with E-state index in [2.05, 4.69) is 9.73 Å². The summed E-state index contributed by atoms with van der Waals surface area (Å²) < 4.78 is 31.5. The number of nitrogens with zero attached hydrogens (tertiary/aromatic N) is 1. The van der Waals surface area contributed by atoms with Gasteiger partial charge in [-0.05, 0) is 12.8 Å². The number of isocyanates is 1. The monoisotopic (exact) mass is 241 g/mol. The lowest BCUT2D eigenvalue weighted by Crippen LogP contribution is -2.08. The van der Waals surface area contributed by atoms with Gasteiger partial charge in [-0.1, -0.05) is 0 Å². The van der Waals surface area contributed by atoms with Crippen molar-refractivity contribution in [2.45, 2.75) is 18.4 Å². The van der Waals surface area contributed by atoms with Gasteiger partial charge in [-0.3, -0.25) is 0 Å². The van der Waals surface area contributed by atoms with Crippen LogP contribution in [0, 0.1) is 11.6 Å². The number of methoxy groups -OCH3 is 1. The molecule has 0 amide bonds. The van der Waals surface area contributed by atoms with Gasteiger partial charge in [0.05, 0.1) is 12.7 Å². The Hall–Kier alpha value is -1.94. The number of rotatable bonds is 3. The van der Waals surface area contributed by atoms with E-state index in [1.807, 2.05) is 0 Å². The third-order valence-corrected chi connectivity index (χ3v) is 2.81. The summed E-state index contributed by atoms with van der Waals surface area (Å²) in [5, 5.41) is 9.76. The first-order chi connectivity index (χ1) is 8.05. The van der Waals surface area contributed by atoms with E-state index in [0.717, 1.165) is 7.11 Å². The van der Waals surface area contributed by atoms with E-state index in [9.17, 15) is 18.7 Å². The van der Waals surface area contributed by atoms with Crippen LogP contribution in [0.15, 0.2) is 11.1 Å². The van der Waals surface area contributed by atoms with Crippen molar-refractivity contribution in [1.29, 1.82) is 0 Å². The van der Waals surface area contributed by atoms with Crippen LogP contribution in [0.5, 0.6) is 11.5 Å². The molecule has 0 spiro atoms. The number of aromatic hydroxyl groups is 1. The van der Waals surface area contributed by atoms with Crippen LogP contribution in [0.25, 0.3) is 0 Å². The number of phenolic OH excluding ortho intramolecular Hbond substituents is 1. The molecule has 2 rings (SSSR count). The minimum Gasteiger partial charge on any atom is -0.504 e. The third-order valence-electron chi connectivity index (χ3n) is 2.81. The van der Waals surface area contributed by atoms with E-state index < -0.39 is 28.7 Å². The highest BCUT2D eigenvalue weighted by molar-refractivity contribution is 5.54. The first-order valence-corrected chi connectivity index (χ1v) is 4.90. The summed E-state index contributed by atoms with van der Waals surface area (Å²) in [6, 6.07) is 0.605. The SMILES string of the molecule is COc1c(F)cc(F)c(C2(N=C=O)CC2)c1O. The normalized spacial score (nSPS) is 16.2. The number of carbonyl (C=O) groups excluding carboxylic acids is 1. The van der Waals surface area contributed by atoms with Gasteiger partial charge in [0.15, 0.2) is 17.3 Å². The smallest absolute Gasteiger partial charge is 0.235 e. The van der Waals surface area contributed by atoms with Crippen LogP contribution in [-0.4, -0.2) is 18.3 Å². The molecule has 1 fully saturated rings. The maximum atomic E-state index is 13.6. The van der Waals surface area contributed by atoms with Crippen LogP contribution in [0.2, 0.25) is 0 Å². The number of phenols is 1. The van der Waals surface area contributed by atoms with Crippen molar-refractivity contribution in [1.82, 2.24) is 0 Å². The Kier molecular flexibility index (Phi) is 2.59. The van der Waals surface area contributed by atoms with Gasteiger partial charge in [0, 0.05) is 6.07 Å². The number of ether oxygens (including phenoxy) is 1. The molecule has 6 heteroatoms. The molecular formula is C11H9F2NO3. The van der Waals surface area contributed by atoms with Crippen molar-refractivity contribution >= 4 is 6.08 Å². The number of halogens is 2. The summed E-state index contributed by atoms with van der Waals surface area (Å²) in [4.78, 5) is 13.8. The molecule has 1 aliphatic rings. The molecule has 1 aliphatic carbocycles. The molecule has 4 nitrogen and oxygen atoms in total. The summed E-state index contributed by atoms with van der Waals surface area (Å²) in [5.74, 6) is -3.05. The molecule has 90 valence electrons. The van der Waals surface area contributed by atoms with Gasteiger partial charge in [0.1, 0.15) is 11.4 Å². The molecule has 1 N–H and O–H groups in total. The fraction of sp³-hybridized carbons (Fsp3) is 0.364. The van der Waals surface area contributed by atoms with Crippen LogP contribution in [-0.2, 0) is 10.3 Å². The Balaban J connectivity index is 2.66. The average Bonchev–Trinajstić information content (AvgIpc) is 2.98. The topological polar surface area (TPSA) is 58.9 Å². The minimum atomic E-state index is -1.11. The van der Waals surface area contributed by atoms with Crippen molar-refractivity contribution in [3.05, 3.63) is 23.3 Å². The van der Waals surface area contributed by atoms with E-state index in [0.29, 0.717) is 18.9 Å². The second kappa shape index (κ2) is 3.82. The molecule has 0 aliphatic heterocycles. The standard InChI is InChI=1S/C11H9F2NO3/c1-17-10-7(13)4-6(12)8(9(10)16)11(2-3-11)14-5-15/h4,16H,2-3H2,1H3. The summed E-state index contributed by atoms with van der Waals surface area (Å²) in [6.45, 7) is 0. The van der Waals surface area contributed by atoms with Crippen LogP contribution in [0.3, 0.4) is 0 Å². The Bertz CT molecular complexity index is 520. The molecular weight excluding hydrogens is 232 g/mol. The quantitative estimate of drug-likeness (QED) is 0.650. The third kappa shape index (κ3) is 1.66. The van der Waals surface area contributed by atoms with Crippen molar-refractivity contribution in [3.63, 3.8) is 0 Å². The number of aliphatic imine (C=N–C) groups is 1. The summed E-state index contributed by atoms with van der Waals surface area (Å²) >= 11 is 0. The molecule has 1 aromatic carbocycles. The van der Waals surface area contributed by atoms with Gasteiger partial charge in [0.25, 0.3) is 0 Å². The lowest BCUT2D eigenvalue weighted by Gasteiger charge is -2.14. The zero-order valence-electron chi connectivity index (χ0n) is 8.96. The number of benzene rings is 1. The van der Waals surface area contributed by atoms with E-state index >= 15 is 0 Å². The van der Waals surface area contributed by atoms with Crippen LogP contribution in [0.1, 0.15) is 18.4 Å². The first kappa shape index (κ1) is 11.5. The zero-order valence-corrected chi connectivity index (χ0v) is 8.96. The molecule has 0 radical (unpaired) electrons. The minimum absolute atomic E-state index is 0.209. The van der Waals surface area contributed by atoms with Gasteiger partial charge in [-0.2, -0.15) is 4.99 Å². The Morgan fingerprint density at radius 3 is 2.59 bits per heavy atom. The summed E-state index contributed by atoms with van der Waals surface area (Å²) in [5.41, 5.74) is -1.32. The number of hydrogen-bond acceptors (Lipinski definition) is 4. The molecule has 0 bridgehead atoms. The molecule has 0 atom stereocenters. The molecule has 1 aromatic rings. The molecule has 0 saturated heterocycles. The van der Waals surface area contributed by atoms with Crippen molar-refractivity contribution in [2.24, 2.45) is 4.99 Å². The molecule has 0 unspecified atom stereocenters. The average molecular weight is 241 g/mol. The number of hydrogen-bond donors (Lipinski definition) is 1. The largest absolute Gasteiger partial charge is 0.504 e. The zero-order chi connectivity index (χ0) is 12.6. The Morgan fingerprint density at radius 2 is 2.12 bits per heavy atom. The maximum Gasteiger partial charge on any atom is 0.235 e. The second-order valence-corrected chi connectivity index (χ2v) is 3.83. The molecule has 0 aromatic heterocycles. The lowest BCUT2D eigenvalue weighted by atomic mass is 10.0. The fourth-order valence-corrected chi connectivity index (χ4v) is 1.85. The highest BCUT2D eigenvalue weighted by Crippen LogP contribution is 2.55. The fourth-order valence-electron chi connectivity index (χ4n) is 1.85. The van der Waals surface area contributed by atoms with Gasteiger partial charge >= 0.3 is 0 Å². The van der Waals surface area contributed by atoms with Gasteiger partial charge < -0.3 is 9.84 Å².